The lowest BCUT2D eigenvalue weighted by Gasteiger charge is -2.14. The zero-order valence-electron chi connectivity index (χ0n) is 13.8. The molecule has 0 aliphatic rings. The molecule has 1 aromatic carbocycles. The molecule has 0 spiro atoms. The van der Waals surface area contributed by atoms with Gasteiger partial charge in [0.1, 0.15) is 0 Å². The molecule has 3 N–H and O–H groups in total. The van der Waals surface area contributed by atoms with Gasteiger partial charge in [-0.15, -0.1) is 0 Å². The molecular weight excluding hydrogens is 292 g/mol. The number of para-hydroxylation sites is 2. The molecule has 2 amide bonds. The maximum absolute atomic E-state index is 11.6. The first-order valence-corrected chi connectivity index (χ1v) is 8.17. The molecule has 1 aromatic heterocycles. The number of aliphatic hydroxyl groups is 1. The number of rotatable bonds is 8. The molecule has 6 heteroatoms. The topological polar surface area (TPSA) is 79.2 Å². The number of aliphatic hydroxyl groups excluding tert-OH is 1. The fraction of sp³-hybridized carbons (Fsp3) is 0.529. The average Bonchev–Trinajstić information content (AvgIpc) is 2.94. The summed E-state index contributed by atoms with van der Waals surface area (Å²) in [5.74, 6) is 0.213. The predicted molar refractivity (Wildman–Crippen MR) is 91.2 cm³/mol. The Hall–Kier alpha value is -2.08. The number of carbonyl (C=O) groups is 1. The summed E-state index contributed by atoms with van der Waals surface area (Å²) >= 11 is 0. The molecule has 0 bridgehead atoms. The van der Waals surface area contributed by atoms with Crippen LogP contribution in [0.4, 0.5) is 4.79 Å². The number of urea groups is 1. The zero-order valence-corrected chi connectivity index (χ0v) is 13.8. The van der Waals surface area contributed by atoms with Crippen LogP contribution >= 0.6 is 0 Å². The Labute approximate surface area is 136 Å². The highest BCUT2D eigenvalue weighted by Crippen LogP contribution is 2.11. The number of aryl methyl sites for hydroxylation is 1. The lowest BCUT2D eigenvalue weighted by molar-refractivity contribution is 0.116. The fourth-order valence-corrected chi connectivity index (χ4v) is 2.37. The van der Waals surface area contributed by atoms with Crippen LogP contribution in [-0.2, 0) is 6.54 Å². The van der Waals surface area contributed by atoms with Gasteiger partial charge in [0.2, 0.25) is 0 Å². The minimum atomic E-state index is -0.371. The van der Waals surface area contributed by atoms with Crippen molar-refractivity contribution in [3.8, 4) is 0 Å². The standard InChI is InChI=1S/C17H26N4O2/c1-13(2)16(22)8-10-19-17(23)18-9-5-11-21-12-20-14-6-3-4-7-15(14)21/h3-4,6-7,12-13,16,22H,5,8-11H2,1-2H3,(H2,18,19,23). The number of fused-ring (bicyclic) bond motifs is 1. The number of nitrogens with zero attached hydrogens (tertiary/aromatic N) is 2. The zero-order chi connectivity index (χ0) is 16.7. The molecule has 0 saturated heterocycles. The van der Waals surface area contributed by atoms with Crippen LogP contribution in [-0.4, -0.2) is 39.9 Å². The van der Waals surface area contributed by atoms with Gasteiger partial charge in [-0.05, 0) is 30.9 Å². The van der Waals surface area contributed by atoms with E-state index in [9.17, 15) is 9.90 Å². The molecule has 0 saturated carbocycles. The van der Waals surface area contributed by atoms with Gasteiger partial charge in [-0.25, -0.2) is 9.78 Å². The van der Waals surface area contributed by atoms with Gasteiger partial charge in [0.15, 0.2) is 0 Å². The summed E-state index contributed by atoms with van der Waals surface area (Å²) in [6.07, 6.45) is 2.87. The molecule has 23 heavy (non-hydrogen) atoms. The van der Waals surface area contributed by atoms with Crippen molar-refractivity contribution < 1.29 is 9.90 Å². The summed E-state index contributed by atoms with van der Waals surface area (Å²) in [6.45, 7) is 5.82. The monoisotopic (exact) mass is 318 g/mol. The van der Waals surface area contributed by atoms with E-state index in [2.05, 4.69) is 20.2 Å². The molecular formula is C17H26N4O2. The lowest BCUT2D eigenvalue weighted by atomic mass is 10.0. The first-order chi connectivity index (χ1) is 11.1. The summed E-state index contributed by atoms with van der Waals surface area (Å²) in [5, 5.41) is 15.3. The number of aromatic nitrogens is 2. The first kappa shape index (κ1) is 17.3. The van der Waals surface area contributed by atoms with Gasteiger partial charge in [-0.1, -0.05) is 26.0 Å². The average molecular weight is 318 g/mol. The largest absolute Gasteiger partial charge is 0.393 e. The van der Waals surface area contributed by atoms with Crippen LogP contribution in [0.15, 0.2) is 30.6 Å². The van der Waals surface area contributed by atoms with Crippen molar-refractivity contribution in [2.24, 2.45) is 5.92 Å². The van der Waals surface area contributed by atoms with Crippen molar-refractivity contribution in [1.29, 1.82) is 0 Å². The van der Waals surface area contributed by atoms with Crippen molar-refractivity contribution in [1.82, 2.24) is 20.2 Å². The second-order valence-corrected chi connectivity index (χ2v) is 6.06. The van der Waals surface area contributed by atoms with E-state index < -0.39 is 0 Å². The normalized spacial score (nSPS) is 12.5. The SMILES string of the molecule is CC(C)C(O)CCNC(=O)NCCCn1cnc2ccccc21. The Bertz CT molecular complexity index is 624. The molecule has 2 rings (SSSR count). The summed E-state index contributed by atoms with van der Waals surface area (Å²) in [4.78, 5) is 16.0. The Kier molecular flexibility index (Phi) is 6.40. The van der Waals surface area contributed by atoms with E-state index in [1.807, 2.05) is 44.4 Å². The second-order valence-electron chi connectivity index (χ2n) is 6.06. The number of amides is 2. The lowest BCUT2D eigenvalue weighted by Crippen LogP contribution is -2.38. The Balaban J connectivity index is 1.62. The van der Waals surface area contributed by atoms with Gasteiger partial charge in [-0.2, -0.15) is 0 Å². The van der Waals surface area contributed by atoms with E-state index in [1.54, 1.807) is 0 Å². The summed E-state index contributed by atoms with van der Waals surface area (Å²) in [5.41, 5.74) is 2.10. The molecule has 1 unspecified atom stereocenters. The Morgan fingerprint density at radius 2 is 2.00 bits per heavy atom. The van der Waals surface area contributed by atoms with E-state index in [1.165, 1.54) is 0 Å². The van der Waals surface area contributed by atoms with Gasteiger partial charge in [0.05, 0.1) is 23.5 Å². The van der Waals surface area contributed by atoms with Crippen molar-refractivity contribution in [2.45, 2.75) is 39.3 Å². The van der Waals surface area contributed by atoms with Crippen LogP contribution in [0, 0.1) is 5.92 Å². The quantitative estimate of drug-likeness (QED) is 0.652. The third kappa shape index (κ3) is 5.25. The highest BCUT2D eigenvalue weighted by molar-refractivity contribution is 5.75. The Morgan fingerprint density at radius 1 is 1.26 bits per heavy atom. The Morgan fingerprint density at radius 3 is 2.78 bits per heavy atom. The van der Waals surface area contributed by atoms with Crippen LogP contribution in [0.2, 0.25) is 0 Å². The number of hydrogen-bond donors (Lipinski definition) is 3. The highest BCUT2D eigenvalue weighted by Gasteiger charge is 2.09. The summed E-state index contributed by atoms with van der Waals surface area (Å²) in [6, 6.07) is 7.82. The third-order valence-corrected chi connectivity index (χ3v) is 3.88. The number of carbonyl (C=O) groups excluding carboxylic acids is 1. The van der Waals surface area contributed by atoms with Gasteiger partial charge in [-0.3, -0.25) is 0 Å². The molecule has 2 aromatic rings. The van der Waals surface area contributed by atoms with Gasteiger partial charge < -0.3 is 20.3 Å². The van der Waals surface area contributed by atoms with Crippen molar-refractivity contribution >= 4 is 17.1 Å². The van der Waals surface area contributed by atoms with Crippen LogP contribution in [0.5, 0.6) is 0 Å². The second kappa shape index (κ2) is 8.53. The van der Waals surface area contributed by atoms with Crippen LogP contribution in [0.1, 0.15) is 26.7 Å². The maximum Gasteiger partial charge on any atom is 0.314 e. The van der Waals surface area contributed by atoms with E-state index in [0.29, 0.717) is 19.5 Å². The van der Waals surface area contributed by atoms with Crippen molar-refractivity contribution in [3.05, 3.63) is 30.6 Å². The summed E-state index contributed by atoms with van der Waals surface area (Å²) in [7, 11) is 0. The van der Waals surface area contributed by atoms with E-state index in [4.69, 9.17) is 0 Å². The first-order valence-electron chi connectivity index (χ1n) is 8.17. The molecule has 126 valence electrons. The van der Waals surface area contributed by atoms with Gasteiger partial charge in [0, 0.05) is 19.6 Å². The van der Waals surface area contributed by atoms with E-state index in [-0.39, 0.29) is 18.1 Å². The summed E-state index contributed by atoms with van der Waals surface area (Å²) < 4.78 is 2.09. The molecule has 0 fully saturated rings. The number of nitrogens with one attached hydrogen (secondary N) is 2. The maximum atomic E-state index is 11.6. The molecule has 0 aliphatic heterocycles. The van der Waals surface area contributed by atoms with Crippen LogP contribution < -0.4 is 10.6 Å². The number of benzene rings is 1. The molecule has 0 aliphatic carbocycles. The third-order valence-electron chi connectivity index (χ3n) is 3.88. The number of imidazole rings is 1. The van der Waals surface area contributed by atoms with Crippen LogP contribution in [0.3, 0.4) is 0 Å². The van der Waals surface area contributed by atoms with Gasteiger partial charge >= 0.3 is 6.03 Å². The van der Waals surface area contributed by atoms with Crippen LogP contribution in [0.25, 0.3) is 11.0 Å². The van der Waals surface area contributed by atoms with E-state index in [0.717, 1.165) is 24.0 Å². The minimum Gasteiger partial charge on any atom is -0.393 e. The number of hydrogen-bond acceptors (Lipinski definition) is 3. The molecule has 0 radical (unpaired) electrons. The molecule has 1 atom stereocenters. The molecule has 6 nitrogen and oxygen atoms in total. The molecule has 1 heterocycles. The van der Waals surface area contributed by atoms with Crippen molar-refractivity contribution in [2.75, 3.05) is 13.1 Å². The van der Waals surface area contributed by atoms with Crippen molar-refractivity contribution in [3.63, 3.8) is 0 Å². The predicted octanol–water partition coefficient (Wildman–Crippen LogP) is 2.13. The van der Waals surface area contributed by atoms with E-state index >= 15 is 0 Å². The minimum absolute atomic E-state index is 0.184. The highest BCUT2D eigenvalue weighted by atomic mass is 16.3. The fourth-order valence-electron chi connectivity index (χ4n) is 2.37. The van der Waals surface area contributed by atoms with Gasteiger partial charge in [0.25, 0.3) is 0 Å². The smallest absolute Gasteiger partial charge is 0.314 e.